The normalized spacial score (nSPS) is 12.7. The summed E-state index contributed by atoms with van der Waals surface area (Å²) >= 11 is 8.86. The van der Waals surface area contributed by atoms with Crippen molar-refractivity contribution in [3.63, 3.8) is 0 Å². The molecule has 0 fully saturated rings. The number of thiophene rings is 1. The lowest BCUT2D eigenvalue weighted by Crippen LogP contribution is -2.07. The molecule has 1 aromatic heterocycles. The van der Waals surface area contributed by atoms with E-state index in [0.29, 0.717) is 0 Å². The Balaban J connectivity index is 2.29. The molecule has 0 aliphatic heterocycles. The number of halogens is 2. The molecule has 0 amide bonds. The Bertz CT molecular complexity index is 536. The largest absolute Gasteiger partial charge is 0.323 e. The van der Waals surface area contributed by atoms with E-state index in [2.05, 4.69) is 69.1 Å². The third kappa shape index (κ3) is 3.23. The molecule has 96 valence electrons. The maximum absolute atomic E-state index is 6.15. The fraction of sp³-hybridized carbons (Fsp3) is 0.286. The second kappa shape index (κ2) is 6.33. The summed E-state index contributed by atoms with van der Waals surface area (Å²) in [4.78, 5) is 2.53. The monoisotopic (exact) mass is 387 g/mol. The fourth-order valence-electron chi connectivity index (χ4n) is 1.84. The predicted octanol–water partition coefficient (Wildman–Crippen LogP) is 5.74. The molecule has 0 saturated heterocycles. The van der Waals surface area contributed by atoms with Gasteiger partial charge in [0.25, 0.3) is 0 Å². The van der Waals surface area contributed by atoms with Crippen LogP contribution < -0.4 is 5.73 Å². The molecule has 18 heavy (non-hydrogen) atoms. The lowest BCUT2D eigenvalue weighted by molar-refractivity contribution is 0.648. The van der Waals surface area contributed by atoms with Crippen molar-refractivity contribution in [1.82, 2.24) is 0 Å². The van der Waals surface area contributed by atoms with Crippen LogP contribution >= 0.6 is 43.2 Å². The SMILES string of the molecule is CCCC(N)c1ccc(-c2ccc(Br)cc2Br)s1. The van der Waals surface area contributed by atoms with Crippen molar-refractivity contribution in [3.8, 4) is 10.4 Å². The molecule has 1 atom stereocenters. The summed E-state index contributed by atoms with van der Waals surface area (Å²) in [5, 5.41) is 0. The van der Waals surface area contributed by atoms with Gasteiger partial charge in [-0.3, -0.25) is 0 Å². The molecule has 1 aromatic carbocycles. The molecule has 1 unspecified atom stereocenters. The van der Waals surface area contributed by atoms with Gasteiger partial charge in [-0.2, -0.15) is 0 Å². The molecule has 0 radical (unpaired) electrons. The van der Waals surface area contributed by atoms with Gasteiger partial charge in [-0.15, -0.1) is 11.3 Å². The first kappa shape index (κ1) is 14.3. The minimum atomic E-state index is 0.169. The number of benzene rings is 1. The van der Waals surface area contributed by atoms with Crippen LogP contribution in [0.5, 0.6) is 0 Å². The Kier molecular flexibility index (Phi) is 5.01. The standard InChI is InChI=1S/C14H15Br2NS/c1-2-3-12(17)14-7-6-13(18-14)10-5-4-9(15)8-11(10)16/h4-8,12H,2-3,17H2,1H3. The van der Waals surface area contributed by atoms with Gasteiger partial charge in [0.05, 0.1) is 0 Å². The van der Waals surface area contributed by atoms with Crippen molar-refractivity contribution in [1.29, 1.82) is 0 Å². The molecule has 4 heteroatoms. The lowest BCUT2D eigenvalue weighted by Gasteiger charge is -2.07. The van der Waals surface area contributed by atoms with E-state index in [1.165, 1.54) is 15.3 Å². The first-order valence-electron chi connectivity index (χ1n) is 5.92. The summed E-state index contributed by atoms with van der Waals surface area (Å²) < 4.78 is 2.19. The Morgan fingerprint density at radius 1 is 1.22 bits per heavy atom. The van der Waals surface area contributed by atoms with Gasteiger partial charge in [0, 0.05) is 30.3 Å². The van der Waals surface area contributed by atoms with E-state index in [-0.39, 0.29) is 6.04 Å². The van der Waals surface area contributed by atoms with Crippen LogP contribution in [-0.4, -0.2) is 0 Å². The van der Waals surface area contributed by atoms with E-state index < -0.39 is 0 Å². The molecule has 0 aliphatic carbocycles. The zero-order valence-electron chi connectivity index (χ0n) is 10.1. The summed E-state index contributed by atoms with van der Waals surface area (Å²) in [5.41, 5.74) is 7.37. The average molecular weight is 389 g/mol. The molecule has 2 N–H and O–H groups in total. The zero-order chi connectivity index (χ0) is 13.1. The summed E-state index contributed by atoms with van der Waals surface area (Å²) in [6, 6.07) is 10.7. The molecule has 2 aromatic rings. The number of hydrogen-bond acceptors (Lipinski definition) is 2. The maximum Gasteiger partial charge on any atom is 0.0389 e. The number of rotatable bonds is 4. The molecule has 0 bridgehead atoms. The van der Waals surface area contributed by atoms with Gasteiger partial charge in [-0.1, -0.05) is 51.3 Å². The van der Waals surface area contributed by atoms with E-state index in [1.807, 2.05) is 0 Å². The Labute approximate surface area is 129 Å². The lowest BCUT2D eigenvalue weighted by atomic mass is 10.1. The van der Waals surface area contributed by atoms with Crippen LogP contribution in [0.4, 0.5) is 0 Å². The zero-order valence-corrected chi connectivity index (χ0v) is 14.1. The molecule has 1 nitrogen and oxygen atoms in total. The Morgan fingerprint density at radius 2 is 2.00 bits per heavy atom. The summed E-state index contributed by atoms with van der Waals surface area (Å²) in [6.07, 6.45) is 2.16. The molecule has 2 rings (SSSR count). The van der Waals surface area contributed by atoms with Gasteiger partial charge in [0.2, 0.25) is 0 Å². The van der Waals surface area contributed by atoms with Crippen LogP contribution in [0.3, 0.4) is 0 Å². The molecule has 0 spiro atoms. The second-order valence-corrected chi connectivity index (χ2v) is 7.11. The van der Waals surface area contributed by atoms with Crippen LogP contribution in [0.25, 0.3) is 10.4 Å². The average Bonchev–Trinajstić information content (AvgIpc) is 2.78. The highest BCUT2D eigenvalue weighted by Gasteiger charge is 2.11. The number of hydrogen-bond donors (Lipinski definition) is 1. The van der Waals surface area contributed by atoms with E-state index in [4.69, 9.17) is 5.73 Å². The van der Waals surface area contributed by atoms with E-state index in [0.717, 1.165) is 21.8 Å². The van der Waals surface area contributed by atoms with Gasteiger partial charge in [0.15, 0.2) is 0 Å². The molecule has 0 aliphatic rings. The summed E-state index contributed by atoms with van der Waals surface area (Å²) in [5.74, 6) is 0. The van der Waals surface area contributed by atoms with Crippen molar-refractivity contribution < 1.29 is 0 Å². The van der Waals surface area contributed by atoms with Gasteiger partial charge in [0.1, 0.15) is 0 Å². The second-order valence-electron chi connectivity index (χ2n) is 4.22. The molecular formula is C14H15Br2NS. The van der Waals surface area contributed by atoms with E-state index in [9.17, 15) is 0 Å². The third-order valence-corrected chi connectivity index (χ3v) is 5.19. The maximum atomic E-state index is 6.15. The van der Waals surface area contributed by atoms with Gasteiger partial charge < -0.3 is 5.73 Å². The van der Waals surface area contributed by atoms with Crippen molar-refractivity contribution in [2.24, 2.45) is 5.73 Å². The third-order valence-electron chi connectivity index (χ3n) is 2.79. The van der Waals surface area contributed by atoms with Crippen LogP contribution in [0.1, 0.15) is 30.7 Å². The minimum Gasteiger partial charge on any atom is -0.323 e. The van der Waals surface area contributed by atoms with Gasteiger partial charge >= 0.3 is 0 Å². The Morgan fingerprint density at radius 3 is 2.67 bits per heavy atom. The van der Waals surface area contributed by atoms with Crippen LogP contribution in [0.2, 0.25) is 0 Å². The minimum absolute atomic E-state index is 0.169. The van der Waals surface area contributed by atoms with Crippen molar-refractivity contribution >= 4 is 43.2 Å². The van der Waals surface area contributed by atoms with E-state index in [1.54, 1.807) is 11.3 Å². The molecule has 0 saturated carbocycles. The highest BCUT2D eigenvalue weighted by atomic mass is 79.9. The molecular weight excluding hydrogens is 374 g/mol. The fourth-order valence-corrected chi connectivity index (χ4v) is 4.31. The predicted molar refractivity (Wildman–Crippen MR) is 87.0 cm³/mol. The quantitative estimate of drug-likeness (QED) is 0.709. The number of nitrogens with two attached hydrogens (primary N) is 1. The summed E-state index contributed by atoms with van der Waals surface area (Å²) in [6.45, 7) is 2.17. The highest BCUT2D eigenvalue weighted by Crippen LogP contribution is 2.37. The molecule has 1 heterocycles. The van der Waals surface area contributed by atoms with Crippen LogP contribution in [0, 0.1) is 0 Å². The van der Waals surface area contributed by atoms with Crippen LogP contribution in [-0.2, 0) is 0 Å². The van der Waals surface area contributed by atoms with Crippen molar-refractivity contribution in [3.05, 3.63) is 44.2 Å². The first-order chi connectivity index (χ1) is 8.61. The highest BCUT2D eigenvalue weighted by molar-refractivity contribution is 9.11. The van der Waals surface area contributed by atoms with Gasteiger partial charge in [-0.25, -0.2) is 0 Å². The topological polar surface area (TPSA) is 26.0 Å². The van der Waals surface area contributed by atoms with Crippen molar-refractivity contribution in [2.75, 3.05) is 0 Å². The van der Waals surface area contributed by atoms with E-state index >= 15 is 0 Å². The van der Waals surface area contributed by atoms with Gasteiger partial charge in [-0.05, 0) is 30.7 Å². The van der Waals surface area contributed by atoms with Crippen molar-refractivity contribution in [2.45, 2.75) is 25.8 Å². The summed E-state index contributed by atoms with van der Waals surface area (Å²) in [7, 11) is 0. The Hall–Kier alpha value is -0.160. The van der Waals surface area contributed by atoms with Crippen LogP contribution in [0.15, 0.2) is 39.3 Å². The first-order valence-corrected chi connectivity index (χ1v) is 8.32. The smallest absolute Gasteiger partial charge is 0.0389 e.